The van der Waals surface area contributed by atoms with Crippen molar-refractivity contribution in [1.29, 1.82) is 0 Å². The predicted molar refractivity (Wildman–Crippen MR) is 69.0 cm³/mol. The van der Waals surface area contributed by atoms with Crippen LogP contribution in [0.2, 0.25) is 0 Å². The van der Waals surface area contributed by atoms with Crippen molar-refractivity contribution in [3.63, 3.8) is 0 Å². The van der Waals surface area contributed by atoms with Gasteiger partial charge >= 0.3 is 0 Å². The number of pyridine rings is 1. The zero-order chi connectivity index (χ0) is 12.8. The van der Waals surface area contributed by atoms with Crippen molar-refractivity contribution >= 4 is 0 Å². The molecule has 0 bridgehead atoms. The number of halogens is 1. The molecule has 94 valence electrons. The van der Waals surface area contributed by atoms with Crippen LogP contribution in [0.4, 0.5) is 4.39 Å². The monoisotopic (exact) mass is 245 g/mol. The highest BCUT2D eigenvalue weighted by atomic mass is 19.1. The molecule has 0 aliphatic heterocycles. The summed E-state index contributed by atoms with van der Waals surface area (Å²) in [4.78, 5) is 3.74. The van der Waals surface area contributed by atoms with Gasteiger partial charge in [-0.05, 0) is 24.5 Å². The fraction of sp³-hybridized carbons (Fsp3) is 0.214. The molecule has 3 N–H and O–H groups in total. The van der Waals surface area contributed by atoms with Gasteiger partial charge in [-0.25, -0.2) is 4.39 Å². The van der Waals surface area contributed by atoms with Gasteiger partial charge in [-0.3, -0.25) is 16.3 Å². The van der Waals surface area contributed by atoms with Crippen molar-refractivity contribution in [1.82, 2.24) is 10.4 Å². The summed E-state index contributed by atoms with van der Waals surface area (Å²) in [5.74, 6) is 5.18. The number of hydrogen-bond donors (Lipinski definition) is 2. The van der Waals surface area contributed by atoms with E-state index in [1.165, 1.54) is 11.8 Å². The van der Waals surface area contributed by atoms with Gasteiger partial charge in [0.2, 0.25) is 0 Å². The number of benzene rings is 1. The van der Waals surface area contributed by atoms with E-state index in [4.69, 9.17) is 5.84 Å². The molecule has 0 aliphatic rings. The molecule has 18 heavy (non-hydrogen) atoms. The second kappa shape index (κ2) is 6.23. The van der Waals surface area contributed by atoms with E-state index in [1.54, 1.807) is 12.3 Å². The number of aromatic nitrogens is 1. The van der Waals surface area contributed by atoms with Gasteiger partial charge in [-0.1, -0.05) is 30.3 Å². The third-order valence-electron chi connectivity index (χ3n) is 2.94. The van der Waals surface area contributed by atoms with Crippen LogP contribution < -0.4 is 11.3 Å². The highest BCUT2D eigenvalue weighted by Gasteiger charge is 2.13. The molecule has 1 atom stereocenters. The van der Waals surface area contributed by atoms with Crippen molar-refractivity contribution in [2.45, 2.75) is 18.9 Å². The Morgan fingerprint density at radius 2 is 2.00 bits per heavy atom. The van der Waals surface area contributed by atoms with Crippen LogP contribution in [0.5, 0.6) is 0 Å². The molecule has 0 spiro atoms. The zero-order valence-corrected chi connectivity index (χ0v) is 10.0. The lowest BCUT2D eigenvalue weighted by molar-refractivity contribution is 0.483. The first-order valence-corrected chi connectivity index (χ1v) is 5.90. The van der Waals surface area contributed by atoms with E-state index in [-0.39, 0.29) is 11.9 Å². The zero-order valence-electron chi connectivity index (χ0n) is 10.0. The van der Waals surface area contributed by atoms with E-state index in [1.807, 2.05) is 18.2 Å². The minimum Gasteiger partial charge on any atom is -0.271 e. The maximum absolute atomic E-state index is 13.6. The first-order valence-electron chi connectivity index (χ1n) is 5.90. The van der Waals surface area contributed by atoms with Gasteiger partial charge in [-0.15, -0.1) is 0 Å². The summed E-state index contributed by atoms with van der Waals surface area (Å²) in [6.07, 6.45) is 4.37. The maximum Gasteiger partial charge on any atom is 0.146 e. The van der Waals surface area contributed by atoms with Crippen molar-refractivity contribution in [2.24, 2.45) is 5.84 Å². The molecule has 0 radical (unpaired) electrons. The Hall–Kier alpha value is -1.78. The predicted octanol–water partition coefficient (Wildman–Crippen LogP) is 2.36. The molecule has 1 heterocycles. The Balaban J connectivity index is 2.04. The fourth-order valence-electron chi connectivity index (χ4n) is 1.95. The van der Waals surface area contributed by atoms with E-state index in [9.17, 15) is 4.39 Å². The maximum atomic E-state index is 13.6. The van der Waals surface area contributed by atoms with E-state index in [0.29, 0.717) is 5.56 Å². The molecular weight excluding hydrogens is 229 g/mol. The van der Waals surface area contributed by atoms with Crippen molar-refractivity contribution in [3.05, 3.63) is 65.7 Å². The molecule has 1 aromatic carbocycles. The Bertz CT molecular complexity index is 487. The van der Waals surface area contributed by atoms with Crippen molar-refractivity contribution in [3.8, 4) is 0 Å². The average molecular weight is 245 g/mol. The molecule has 2 rings (SSSR count). The largest absolute Gasteiger partial charge is 0.271 e. The van der Waals surface area contributed by atoms with Crippen LogP contribution in [0.25, 0.3) is 0 Å². The number of hydrazine groups is 1. The molecule has 2 aromatic rings. The van der Waals surface area contributed by atoms with Gasteiger partial charge in [0.05, 0.1) is 6.20 Å². The molecule has 1 aromatic heterocycles. The number of hydrogen-bond acceptors (Lipinski definition) is 3. The van der Waals surface area contributed by atoms with E-state index in [0.717, 1.165) is 12.8 Å². The summed E-state index contributed by atoms with van der Waals surface area (Å²) in [7, 11) is 0. The summed E-state index contributed by atoms with van der Waals surface area (Å²) in [5, 5.41) is 0. The van der Waals surface area contributed by atoms with Gasteiger partial charge < -0.3 is 0 Å². The van der Waals surface area contributed by atoms with Crippen LogP contribution in [-0.4, -0.2) is 4.98 Å². The first-order chi connectivity index (χ1) is 8.81. The Morgan fingerprint density at radius 3 is 2.67 bits per heavy atom. The summed E-state index contributed by atoms with van der Waals surface area (Å²) < 4.78 is 13.6. The highest BCUT2D eigenvalue weighted by Crippen LogP contribution is 2.20. The number of nitrogens with zero attached hydrogens (tertiary/aromatic N) is 1. The summed E-state index contributed by atoms with van der Waals surface area (Å²) in [5.41, 5.74) is 4.44. The molecule has 0 aliphatic carbocycles. The van der Waals surface area contributed by atoms with Crippen LogP contribution >= 0.6 is 0 Å². The first kappa shape index (κ1) is 12.7. The summed E-state index contributed by atoms with van der Waals surface area (Å²) >= 11 is 0. The third kappa shape index (κ3) is 3.12. The second-order valence-electron chi connectivity index (χ2n) is 4.14. The lowest BCUT2D eigenvalue weighted by atomic mass is 10.00. The normalized spacial score (nSPS) is 12.3. The van der Waals surface area contributed by atoms with Crippen LogP contribution in [-0.2, 0) is 6.42 Å². The van der Waals surface area contributed by atoms with Gasteiger partial charge in [0, 0.05) is 17.8 Å². The lowest BCUT2D eigenvalue weighted by Gasteiger charge is -2.16. The summed E-state index contributed by atoms with van der Waals surface area (Å²) in [6.45, 7) is 0. The van der Waals surface area contributed by atoms with Gasteiger partial charge in [0.25, 0.3) is 0 Å². The Kier molecular flexibility index (Phi) is 4.39. The van der Waals surface area contributed by atoms with Crippen LogP contribution in [0.3, 0.4) is 0 Å². The van der Waals surface area contributed by atoms with Crippen molar-refractivity contribution < 1.29 is 4.39 Å². The Labute approximate surface area is 106 Å². The smallest absolute Gasteiger partial charge is 0.146 e. The standard InChI is InChI=1S/C14H16FN3/c15-13-10-17-9-8-12(13)14(18-16)7-6-11-4-2-1-3-5-11/h1-5,8-10,14,18H,6-7,16H2. The van der Waals surface area contributed by atoms with Crippen LogP contribution in [0, 0.1) is 5.82 Å². The lowest BCUT2D eigenvalue weighted by Crippen LogP contribution is -2.29. The summed E-state index contributed by atoms with van der Waals surface area (Å²) in [6, 6.07) is 11.5. The third-order valence-corrected chi connectivity index (χ3v) is 2.94. The molecule has 1 unspecified atom stereocenters. The van der Waals surface area contributed by atoms with Gasteiger partial charge in [0.15, 0.2) is 0 Å². The van der Waals surface area contributed by atoms with Crippen molar-refractivity contribution in [2.75, 3.05) is 0 Å². The van der Waals surface area contributed by atoms with E-state index >= 15 is 0 Å². The number of nitrogens with two attached hydrogens (primary N) is 1. The van der Waals surface area contributed by atoms with Crippen LogP contribution in [0.1, 0.15) is 23.6 Å². The topological polar surface area (TPSA) is 50.9 Å². The molecule has 4 heteroatoms. The van der Waals surface area contributed by atoms with E-state index in [2.05, 4.69) is 22.5 Å². The van der Waals surface area contributed by atoms with Gasteiger partial charge in [0.1, 0.15) is 5.82 Å². The minimum absolute atomic E-state index is 0.201. The average Bonchev–Trinajstić information content (AvgIpc) is 2.42. The second-order valence-corrected chi connectivity index (χ2v) is 4.14. The molecule has 0 amide bonds. The molecule has 3 nitrogen and oxygen atoms in total. The van der Waals surface area contributed by atoms with Gasteiger partial charge in [-0.2, -0.15) is 0 Å². The number of nitrogens with one attached hydrogen (secondary N) is 1. The van der Waals surface area contributed by atoms with Crippen LogP contribution in [0.15, 0.2) is 48.8 Å². The molecule has 0 fully saturated rings. The number of aryl methyl sites for hydroxylation is 1. The molecule has 0 saturated carbocycles. The Morgan fingerprint density at radius 1 is 1.22 bits per heavy atom. The quantitative estimate of drug-likeness (QED) is 0.628. The van der Waals surface area contributed by atoms with E-state index < -0.39 is 0 Å². The fourth-order valence-corrected chi connectivity index (χ4v) is 1.95. The minimum atomic E-state index is -0.325. The highest BCUT2D eigenvalue weighted by molar-refractivity contribution is 5.19. The molecule has 0 saturated heterocycles. The molecular formula is C14H16FN3. The SMILES string of the molecule is NNC(CCc1ccccc1)c1ccncc1F. The number of rotatable bonds is 5.